The van der Waals surface area contributed by atoms with Gasteiger partial charge < -0.3 is 20.2 Å². The van der Waals surface area contributed by atoms with Crippen molar-refractivity contribution in [3.05, 3.63) is 0 Å². The van der Waals surface area contributed by atoms with E-state index in [4.69, 9.17) is 0 Å². The van der Waals surface area contributed by atoms with E-state index in [0.717, 1.165) is 0 Å². The Morgan fingerprint density at radius 1 is 1.38 bits per heavy atom. The lowest BCUT2D eigenvalue weighted by atomic mass is 9.95. The monoisotopic (exact) mass is 299 g/mol. The maximum absolute atomic E-state index is 12.4. The van der Waals surface area contributed by atoms with E-state index >= 15 is 0 Å². The highest BCUT2D eigenvalue weighted by Crippen LogP contribution is 2.23. The molecule has 21 heavy (non-hydrogen) atoms. The molecule has 7 nitrogen and oxygen atoms in total. The first kappa shape index (κ1) is 17.3. The third-order valence-corrected chi connectivity index (χ3v) is 4.05. The minimum absolute atomic E-state index is 0.156. The summed E-state index contributed by atoms with van der Waals surface area (Å²) in [6.07, 6.45) is 0.963. The van der Waals surface area contributed by atoms with E-state index in [-0.39, 0.29) is 5.91 Å². The van der Waals surface area contributed by atoms with E-state index in [9.17, 15) is 19.5 Å². The van der Waals surface area contributed by atoms with Gasteiger partial charge in [-0.2, -0.15) is 0 Å². The van der Waals surface area contributed by atoms with Crippen LogP contribution in [0.2, 0.25) is 0 Å². The second-order valence-corrected chi connectivity index (χ2v) is 6.25. The molecule has 1 fully saturated rings. The molecule has 1 rings (SSSR count). The molecule has 0 saturated carbocycles. The first-order valence-electron chi connectivity index (χ1n) is 7.15. The molecule has 0 spiro atoms. The number of hydrogen-bond acceptors (Lipinski definition) is 3. The molecule has 1 aliphatic heterocycles. The van der Waals surface area contributed by atoms with E-state index < -0.39 is 23.1 Å². The minimum Gasteiger partial charge on any atom is -0.480 e. The molecule has 7 heteroatoms. The summed E-state index contributed by atoms with van der Waals surface area (Å²) in [5.41, 5.74) is -2.31. The van der Waals surface area contributed by atoms with Crippen molar-refractivity contribution in [3.63, 3.8) is 0 Å². The van der Waals surface area contributed by atoms with Gasteiger partial charge in [-0.25, -0.2) is 9.59 Å². The minimum atomic E-state index is -1.33. The Morgan fingerprint density at radius 2 is 1.95 bits per heavy atom. The van der Waals surface area contributed by atoms with Crippen LogP contribution in [0.4, 0.5) is 4.79 Å². The van der Waals surface area contributed by atoms with Crippen LogP contribution in [-0.4, -0.2) is 64.0 Å². The van der Waals surface area contributed by atoms with Gasteiger partial charge in [0.25, 0.3) is 0 Å². The van der Waals surface area contributed by atoms with Crippen molar-refractivity contribution in [2.45, 2.75) is 51.6 Å². The number of aliphatic carboxylic acids is 1. The Bertz CT molecular complexity index is 450. The average molecular weight is 299 g/mol. The Morgan fingerprint density at radius 3 is 2.43 bits per heavy atom. The zero-order chi connectivity index (χ0) is 16.4. The lowest BCUT2D eigenvalue weighted by Gasteiger charge is -2.45. The van der Waals surface area contributed by atoms with Crippen molar-refractivity contribution < 1.29 is 19.5 Å². The Balaban J connectivity index is 2.93. The van der Waals surface area contributed by atoms with Crippen LogP contribution in [0.3, 0.4) is 0 Å². The zero-order valence-corrected chi connectivity index (χ0v) is 13.4. The number of carboxylic acids is 1. The number of rotatable bonds is 4. The molecule has 1 heterocycles. The van der Waals surface area contributed by atoms with Gasteiger partial charge in [0.2, 0.25) is 5.91 Å². The molecule has 120 valence electrons. The number of urea groups is 1. The van der Waals surface area contributed by atoms with Crippen molar-refractivity contribution in [1.29, 1.82) is 0 Å². The lowest BCUT2D eigenvalue weighted by molar-refractivity contribution is -0.145. The molecule has 3 amide bonds. The van der Waals surface area contributed by atoms with Crippen molar-refractivity contribution in [1.82, 2.24) is 15.1 Å². The predicted molar refractivity (Wildman–Crippen MR) is 77.9 cm³/mol. The van der Waals surface area contributed by atoms with E-state index in [1.807, 2.05) is 6.92 Å². The van der Waals surface area contributed by atoms with Gasteiger partial charge in [-0.15, -0.1) is 0 Å². The maximum atomic E-state index is 12.4. The number of nitrogens with one attached hydrogen (secondary N) is 1. The predicted octanol–water partition coefficient (Wildman–Crippen LogP) is 0.892. The first-order chi connectivity index (χ1) is 9.56. The molecule has 0 bridgehead atoms. The largest absolute Gasteiger partial charge is 0.480 e. The molecule has 1 unspecified atom stereocenters. The summed E-state index contributed by atoms with van der Waals surface area (Å²) in [4.78, 5) is 39.0. The van der Waals surface area contributed by atoms with Crippen LogP contribution >= 0.6 is 0 Å². The van der Waals surface area contributed by atoms with Crippen LogP contribution in [0.5, 0.6) is 0 Å². The zero-order valence-electron chi connectivity index (χ0n) is 13.4. The van der Waals surface area contributed by atoms with Gasteiger partial charge in [-0.1, -0.05) is 13.3 Å². The summed E-state index contributed by atoms with van der Waals surface area (Å²) in [7, 11) is 1.69. The first-order valence-corrected chi connectivity index (χ1v) is 7.15. The summed E-state index contributed by atoms with van der Waals surface area (Å²) >= 11 is 0. The normalized spacial score (nSPS) is 20.9. The molecule has 0 aromatic heterocycles. The smallest absolute Gasteiger partial charge is 0.329 e. The topological polar surface area (TPSA) is 90.0 Å². The highest BCUT2D eigenvalue weighted by molar-refractivity contribution is 5.93. The van der Waals surface area contributed by atoms with Crippen molar-refractivity contribution in [2.75, 3.05) is 20.1 Å². The summed E-state index contributed by atoms with van der Waals surface area (Å²) < 4.78 is 0. The fraction of sp³-hybridized carbons (Fsp3) is 0.786. The maximum Gasteiger partial charge on any atom is 0.329 e. The summed E-state index contributed by atoms with van der Waals surface area (Å²) in [5, 5.41) is 11.9. The standard InChI is InChI=1S/C14H25N3O4/c1-6-7-14(4,11(19)20)15-12(21)17-9-8-16(5)10(18)13(17,2)3/h6-9H2,1-5H3,(H,15,21)(H,19,20). The fourth-order valence-corrected chi connectivity index (χ4v) is 2.60. The molecular weight excluding hydrogens is 274 g/mol. The van der Waals surface area contributed by atoms with Gasteiger partial charge in [0.05, 0.1) is 0 Å². The van der Waals surface area contributed by atoms with Crippen LogP contribution in [0.25, 0.3) is 0 Å². The molecule has 0 radical (unpaired) electrons. The fourth-order valence-electron chi connectivity index (χ4n) is 2.60. The van der Waals surface area contributed by atoms with Gasteiger partial charge in [-0.3, -0.25) is 4.79 Å². The summed E-state index contributed by atoms with van der Waals surface area (Å²) in [6.45, 7) is 7.50. The SMILES string of the molecule is CCCC(C)(NC(=O)N1CCN(C)C(=O)C1(C)C)C(=O)O. The molecule has 1 atom stereocenters. The highest BCUT2D eigenvalue weighted by atomic mass is 16.4. The third kappa shape index (κ3) is 3.28. The number of carbonyl (C=O) groups excluding carboxylic acids is 2. The lowest BCUT2D eigenvalue weighted by Crippen LogP contribution is -2.67. The number of carboxylic acid groups (broad SMARTS) is 1. The highest BCUT2D eigenvalue weighted by Gasteiger charge is 2.45. The third-order valence-electron chi connectivity index (χ3n) is 4.05. The van der Waals surface area contributed by atoms with E-state index in [1.165, 1.54) is 11.8 Å². The Labute approximate surface area is 125 Å². The number of likely N-dealkylation sites (N-methyl/N-ethyl adjacent to an activating group) is 1. The van der Waals surface area contributed by atoms with Crippen LogP contribution in [0.15, 0.2) is 0 Å². The van der Waals surface area contributed by atoms with Crippen LogP contribution < -0.4 is 5.32 Å². The number of hydrogen-bond donors (Lipinski definition) is 2. The molecule has 0 aliphatic carbocycles. The molecule has 1 aliphatic rings. The Hall–Kier alpha value is -1.79. The number of amides is 3. The summed E-state index contributed by atoms with van der Waals surface area (Å²) in [6, 6.07) is -0.514. The number of piperazine rings is 1. The molecule has 1 saturated heterocycles. The van der Waals surface area contributed by atoms with Gasteiger partial charge >= 0.3 is 12.0 Å². The van der Waals surface area contributed by atoms with Gasteiger partial charge in [-0.05, 0) is 27.2 Å². The van der Waals surface area contributed by atoms with Crippen LogP contribution in [-0.2, 0) is 9.59 Å². The number of carbonyl (C=O) groups is 3. The van der Waals surface area contributed by atoms with Crippen molar-refractivity contribution in [3.8, 4) is 0 Å². The second-order valence-electron chi connectivity index (χ2n) is 6.25. The van der Waals surface area contributed by atoms with E-state index in [0.29, 0.717) is 25.9 Å². The Kier molecular flexibility index (Phi) is 4.86. The van der Waals surface area contributed by atoms with E-state index in [2.05, 4.69) is 5.32 Å². The van der Waals surface area contributed by atoms with Gasteiger partial charge in [0, 0.05) is 20.1 Å². The molecule has 0 aromatic carbocycles. The van der Waals surface area contributed by atoms with Crippen molar-refractivity contribution >= 4 is 17.9 Å². The summed E-state index contributed by atoms with van der Waals surface area (Å²) in [5.74, 6) is -1.23. The van der Waals surface area contributed by atoms with E-state index in [1.54, 1.807) is 25.8 Å². The quantitative estimate of drug-likeness (QED) is 0.806. The van der Waals surface area contributed by atoms with Gasteiger partial charge in [0.15, 0.2) is 0 Å². The average Bonchev–Trinajstić information content (AvgIpc) is 2.35. The van der Waals surface area contributed by atoms with Crippen LogP contribution in [0.1, 0.15) is 40.5 Å². The van der Waals surface area contributed by atoms with Gasteiger partial charge in [0.1, 0.15) is 11.1 Å². The van der Waals surface area contributed by atoms with Crippen molar-refractivity contribution in [2.24, 2.45) is 0 Å². The second kappa shape index (κ2) is 5.91. The molecule has 0 aromatic rings. The molecular formula is C14H25N3O4. The van der Waals surface area contributed by atoms with Crippen LogP contribution in [0, 0.1) is 0 Å². The molecule has 2 N–H and O–H groups in total. The number of nitrogens with zero attached hydrogens (tertiary/aromatic N) is 2.